The van der Waals surface area contributed by atoms with Gasteiger partial charge in [0.2, 0.25) is 5.91 Å². The number of urea groups is 1. The normalized spacial score (nSPS) is 19.0. The maximum Gasteiger partial charge on any atom is 0.376 e. The molecule has 3 heterocycles. The molecule has 0 saturated carbocycles. The summed E-state index contributed by atoms with van der Waals surface area (Å²) in [4.78, 5) is 58.9. The summed E-state index contributed by atoms with van der Waals surface area (Å²) in [6, 6.07) is 13.1. The molecule has 3 amide bonds. The van der Waals surface area contributed by atoms with Gasteiger partial charge in [-0.25, -0.2) is 14.3 Å². The van der Waals surface area contributed by atoms with Crippen molar-refractivity contribution in [2.45, 2.75) is 56.1 Å². The lowest BCUT2D eigenvalue weighted by molar-refractivity contribution is -0.146. The smallest absolute Gasteiger partial charge is 0.376 e. The van der Waals surface area contributed by atoms with Gasteiger partial charge < -0.3 is 26.2 Å². The molecule has 0 unspecified atom stereocenters. The fourth-order valence-corrected chi connectivity index (χ4v) is 6.80. The number of benzene rings is 2. The standard InChI is InChI=1S/C31H32N6O7S/c38-24(13-25(39)30(42)43)20-4-3-5-21(12-20)29(41)19-10-8-18(9-11-19)15-37-16-22(35-36-37)14-32-27(40)7-2-1-6-26-28-23(17-45-26)33-31(44)34-28/h3-5,8-13,16,23,26,28,38H,1-2,6-7,14-15,17H2,(H,32,40)(H,42,43)(H2,33,34,44)/b24-13-/t23-,26-,28-/m0/s1. The first-order chi connectivity index (χ1) is 21.7. The van der Waals surface area contributed by atoms with E-state index in [0.717, 1.165) is 30.6 Å². The van der Waals surface area contributed by atoms with E-state index in [1.807, 2.05) is 11.8 Å². The molecule has 45 heavy (non-hydrogen) atoms. The number of fused-ring (bicyclic) bond motifs is 1. The molecule has 2 saturated heterocycles. The van der Waals surface area contributed by atoms with Crippen LogP contribution in [0.1, 0.15) is 58.4 Å². The maximum absolute atomic E-state index is 13.0. The quantitative estimate of drug-likeness (QED) is 0.0440. The number of carbonyl (C=O) groups excluding carboxylic acids is 4. The first-order valence-corrected chi connectivity index (χ1v) is 15.5. The van der Waals surface area contributed by atoms with Gasteiger partial charge in [0.25, 0.3) is 5.78 Å². The number of nitrogens with zero attached hydrogens (tertiary/aromatic N) is 3. The molecule has 234 valence electrons. The van der Waals surface area contributed by atoms with E-state index in [-0.39, 0.29) is 47.5 Å². The first-order valence-electron chi connectivity index (χ1n) is 14.4. The average Bonchev–Trinajstić information content (AvgIpc) is 3.74. The Balaban J connectivity index is 1.05. The second-order valence-corrected chi connectivity index (χ2v) is 12.1. The minimum atomic E-state index is -1.70. The molecule has 13 nitrogen and oxygen atoms in total. The number of ketones is 2. The van der Waals surface area contributed by atoms with E-state index in [1.165, 1.54) is 18.2 Å². The number of carboxylic acids is 1. The van der Waals surface area contributed by atoms with E-state index >= 15 is 0 Å². The van der Waals surface area contributed by atoms with Crippen LogP contribution in [0.2, 0.25) is 0 Å². The van der Waals surface area contributed by atoms with Crippen LogP contribution in [-0.4, -0.2) is 77.8 Å². The lowest BCUT2D eigenvalue weighted by Gasteiger charge is -2.16. The third-order valence-corrected chi connectivity index (χ3v) is 9.10. The van der Waals surface area contributed by atoms with Crippen LogP contribution in [0.4, 0.5) is 4.79 Å². The summed E-state index contributed by atoms with van der Waals surface area (Å²) in [5.74, 6) is -2.97. The average molecular weight is 633 g/mol. The second-order valence-electron chi connectivity index (χ2n) is 10.9. The van der Waals surface area contributed by atoms with Gasteiger partial charge in [-0.2, -0.15) is 11.8 Å². The molecule has 2 aromatic carbocycles. The Morgan fingerprint density at radius 1 is 1.02 bits per heavy atom. The summed E-state index contributed by atoms with van der Waals surface area (Å²) in [5.41, 5.74) is 2.29. The molecule has 5 N–H and O–H groups in total. The number of amides is 3. The molecule has 0 spiro atoms. The third-order valence-electron chi connectivity index (χ3n) is 7.59. The van der Waals surface area contributed by atoms with Crippen molar-refractivity contribution in [3.05, 3.63) is 88.8 Å². The largest absolute Gasteiger partial charge is 0.507 e. The summed E-state index contributed by atoms with van der Waals surface area (Å²) >= 11 is 1.87. The van der Waals surface area contributed by atoms with Crippen molar-refractivity contribution in [3.63, 3.8) is 0 Å². The first kappa shape index (κ1) is 31.4. The van der Waals surface area contributed by atoms with Crippen molar-refractivity contribution in [2.75, 3.05) is 5.75 Å². The van der Waals surface area contributed by atoms with Crippen LogP contribution < -0.4 is 16.0 Å². The minimum absolute atomic E-state index is 0.0527. The van der Waals surface area contributed by atoms with Crippen molar-refractivity contribution in [1.82, 2.24) is 30.9 Å². The van der Waals surface area contributed by atoms with E-state index in [9.17, 15) is 29.1 Å². The monoisotopic (exact) mass is 632 g/mol. The molecular formula is C31H32N6O7S. The Bertz CT molecular complexity index is 1640. The predicted molar refractivity (Wildman–Crippen MR) is 164 cm³/mol. The molecule has 2 fully saturated rings. The van der Waals surface area contributed by atoms with Crippen LogP contribution in [0.3, 0.4) is 0 Å². The number of aliphatic hydroxyl groups excluding tert-OH is 1. The van der Waals surface area contributed by atoms with Gasteiger partial charge in [0, 0.05) is 40.2 Å². The van der Waals surface area contributed by atoms with Crippen LogP contribution >= 0.6 is 11.8 Å². The van der Waals surface area contributed by atoms with Crippen LogP contribution in [0.25, 0.3) is 5.76 Å². The highest BCUT2D eigenvalue weighted by Crippen LogP contribution is 2.33. The number of thioether (sulfide) groups is 1. The number of carboxylic acid groups (broad SMARTS) is 1. The fourth-order valence-electron chi connectivity index (χ4n) is 5.25. The number of nitrogens with one attached hydrogen (secondary N) is 3. The van der Waals surface area contributed by atoms with Gasteiger partial charge in [0.05, 0.1) is 31.4 Å². The van der Waals surface area contributed by atoms with Gasteiger partial charge in [-0.15, -0.1) is 5.10 Å². The Morgan fingerprint density at radius 2 is 1.80 bits per heavy atom. The van der Waals surface area contributed by atoms with Crippen molar-refractivity contribution in [2.24, 2.45) is 0 Å². The van der Waals surface area contributed by atoms with Gasteiger partial charge in [-0.05, 0) is 24.5 Å². The molecule has 2 aliphatic rings. The van der Waals surface area contributed by atoms with Gasteiger partial charge >= 0.3 is 12.0 Å². The van der Waals surface area contributed by atoms with Gasteiger partial charge in [-0.3, -0.25) is 14.4 Å². The van der Waals surface area contributed by atoms with E-state index in [2.05, 4.69) is 26.3 Å². The maximum atomic E-state index is 13.0. The summed E-state index contributed by atoms with van der Waals surface area (Å²) < 4.78 is 1.64. The zero-order chi connectivity index (χ0) is 31.9. The van der Waals surface area contributed by atoms with Crippen molar-refractivity contribution < 1.29 is 34.2 Å². The number of aliphatic carboxylic acids is 1. The van der Waals surface area contributed by atoms with Crippen molar-refractivity contribution in [3.8, 4) is 0 Å². The number of rotatable bonds is 14. The number of hydrogen-bond acceptors (Lipinski definition) is 9. The zero-order valence-corrected chi connectivity index (χ0v) is 25.0. The van der Waals surface area contributed by atoms with E-state index in [1.54, 1.807) is 41.2 Å². The van der Waals surface area contributed by atoms with E-state index in [0.29, 0.717) is 35.5 Å². The summed E-state index contributed by atoms with van der Waals surface area (Å²) in [6.07, 6.45) is 5.40. The van der Waals surface area contributed by atoms with Gasteiger partial charge in [-0.1, -0.05) is 54.1 Å². The van der Waals surface area contributed by atoms with Crippen molar-refractivity contribution in [1.29, 1.82) is 0 Å². The Kier molecular flexibility index (Phi) is 9.92. The minimum Gasteiger partial charge on any atom is -0.507 e. The molecule has 3 atom stereocenters. The Morgan fingerprint density at radius 3 is 2.58 bits per heavy atom. The highest BCUT2D eigenvalue weighted by atomic mass is 32.2. The second kappa shape index (κ2) is 14.2. The lowest BCUT2D eigenvalue weighted by Crippen LogP contribution is -2.36. The summed E-state index contributed by atoms with van der Waals surface area (Å²) in [6.45, 7) is 0.665. The number of aromatic nitrogens is 3. The predicted octanol–water partition coefficient (Wildman–Crippen LogP) is 2.45. The van der Waals surface area contributed by atoms with Crippen LogP contribution in [-0.2, 0) is 27.5 Å². The van der Waals surface area contributed by atoms with Crippen LogP contribution in [0.15, 0.2) is 60.8 Å². The third kappa shape index (κ3) is 8.15. The van der Waals surface area contributed by atoms with Gasteiger partial charge in [0.1, 0.15) is 11.5 Å². The lowest BCUT2D eigenvalue weighted by atomic mass is 9.99. The molecule has 0 bridgehead atoms. The van der Waals surface area contributed by atoms with Crippen molar-refractivity contribution >= 4 is 47.0 Å². The molecule has 5 rings (SSSR count). The molecule has 0 aliphatic carbocycles. The number of carbonyl (C=O) groups is 5. The zero-order valence-electron chi connectivity index (χ0n) is 24.1. The Hall–Kier alpha value is -4.98. The number of unbranched alkanes of at least 4 members (excludes halogenated alkanes) is 1. The highest BCUT2D eigenvalue weighted by molar-refractivity contribution is 8.00. The Labute approximate surface area is 262 Å². The molecule has 2 aliphatic heterocycles. The number of hydrogen-bond donors (Lipinski definition) is 5. The van der Waals surface area contributed by atoms with Crippen LogP contribution in [0, 0.1) is 0 Å². The van der Waals surface area contributed by atoms with Crippen LogP contribution in [0.5, 0.6) is 0 Å². The SMILES string of the molecule is O=C(CCCC[C@@H]1SC[C@@H]2NC(=O)N[C@@H]21)NCc1cn(Cc2ccc(C(=O)c3cccc(/C(O)=C/C(=O)C(=O)O)c3)cc2)nn1. The highest BCUT2D eigenvalue weighted by Gasteiger charge is 2.42. The fraction of sp³-hybridized carbons (Fsp3) is 0.323. The molecule has 14 heteroatoms. The number of aliphatic hydroxyl groups is 1. The van der Waals surface area contributed by atoms with Gasteiger partial charge in [0.15, 0.2) is 5.78 Å². The van der Waals surface area contributed by atoms with E-state index in [4.69, 9.17) is 5.11 Å². The summed E-state index contributed by atoms with van der Waals surface area (Å²) in [5, 5.41) is 36.2. The molecular weight excluding hydrogens is 600 g/mol. The topological polar surface area (TPSA) is 193 Å². The molecule has 3 aromatic rings. The van der Waals surface area contributed by atoms with E-state index < -0.39 is 17.5 Å². The summed E-state index contributed by atoms with van der Waals surface area (Å²) in [7, 11) is 0. The molecule has 1 aromatic heterocycles. The molecule has 0 radical (unpaired) electrons.